The molecule has 1 aromatic carbocycles. The number of benzene rings is 1. The molecule has 0 aliphatic heterocycles. The first-order chi connectivity index (χ1) is 8.08. The lowest BCUT2D eigenvalue weighted by atomic mass is 10.1. The number of aromatic nitrogens is 2. The molecule has 2 aromatic rings. The number of hydrogen-bond acceptors (Lipinski definition) is 1. The van der Waals surface area contributed by atoms with E-state index in [9.17, 15) is 8.78 Å². The fourth-order valence-electron chi connectivity index (χ4n) is 1.61. The molecule has 0 fully saturated rings. The Balaban J connectivity index is 2.35. The lowest BCUT2D eigenvalue weighted by Crippen LogP contribution is -2.00. The van der Waals surface area contributed by atoms with E-state index in [1.54, 1.807) is 12.1 Å². The maximum atomic E-state index is 12.6. The molecule has 2 rings (SSSR count). The summed E-state index contributed by atoms with van der Waals surface area (Å²) >= 11 is 0. The summed E-state index contributed by atoms with van der Waals surface area (Å²) in [6, 6.07) is 8.43. The van der Waals surface area contributed by atoms with Gasteiger partial charge in [0.05, 0.1) is 5.69 Å². The largest absolute Gasteiger partial charge is 0.270 e. The van der Waals surface area contributed by atoms with E-state index >= 15 is 0 Å². The molecule has 0 bridgehead atoms. The summed E-state index contributed by atoms with van der Waals surface area (Å²) in [5.74, 6) is 0. The normalized spacial score (nSPS) is 11.4. The average molecular weight is 236 g/mol. The van der Waals surface area contributed by atoms with Crippen molar-refractivity contribution in [2.24, 2.45) is 0 Å². The van der Waals surface area contributed by atoms with Gasteiger partial charge in [-0.15, -0.1) is 0 Å². The number of hydrogen-bond donors (Lipinski definition) is 0. The summed E-state index contributed by atoms with van der Waals surface area (Å²) in [6.45, 7) is 4.04. The smallest absolute Gasteiger partial charge is 0.263 e. The van der Waals surface area contributed by atoms with E-state index in [-0.39, 0.29) is 11.6 Å². The first-order valence-electron chi connectivity index (χ1n) is 5.51. The third-order valence-corrected chi connectivity index (χ3v) is 2.57. The van der Waals surface area contributed by atoms with E-state index in [1.807, 2.05) is 30.8 Å². The van der Waals surface area contributed by atoms with Gasteiger partial charge in [0.15, 0.2) is 0 Å². The minimum Gasteiger partial charge on any atom is -0.270 e. The third kappa shape index (κ3) is 2.52. The molecule has 4 heteroatoms. The first-order valence-corrected chi connectivity index (χ1v) is 5.51. The second-order valence-corrected chi connectivity index (χ2v) is 4.20. The van der Waals surface area contributed by atoms with Crippen molar-refractivity contribution < 1.29 is 8.78 Å². The van der Waals surface area contributed by atoms with Gasteiger partial charge >= 0.3 is 0 Å². The third-order valence-electron chi connectivity index (χ3n) is 2.57. The van der Waals surface area contributed by atoms with Crippen LogP contribution in [-0.4, -0.2) is 9.78 Å². The standard InChI is InChI=1S/C13H14F2N2/c1-9(2)17-7-6-12(16-17)10-4-3-5-11(8-10)13(14)15/h3-9,13H,1-2H3. The van der Waals surface area contributed by atoms with Crippen LogP contribution in [0, 0.1) is 0 Å². The number of rotatable bonds is 3. The molecule has 0 aliphatic carbocycles. The zero-order valence-electron chi connectivity index (χ0n) is 9.77. The maximum absolute atomic E-state index is 12.6. The molecule has 1 aromatic heterocycles. The van der Waals surface area contributed by atoms with Crippen molar-refractivity contribution >= 4 is 0 Å². The van der Waals surface area contributed by atoms with Crippen LogP contribution in [0.15, 0.2) is 36.5 Å². The quantitative estimate of drug-likeness (QED) is 0.785. The molecule has 90 valence electrons. The first kappa shape index (κ1) is 11.8. The van der Waals surface area contributed by atoms with Crippen LogP contribution >= 0.6 is 0 Å². The molecular formula is C13H14F2N2. The highest BCUT2D eigenvalue weighted by Gasteiger charge is 2.09. The predicted molar refractivity (Wildman–Crippen MR) is 63.0 cm³/mol. The summed E-state index contributed by atoms with van der Waals surface area (Å²) in [6.07, 6.45) is -0.586. The molecule has 17 heavy (non-hydrogen) atoms. The summed E-state index contributed by atoms with van der Waals surface area (Å²) in [5.41, 5.74) is 1.48. The Morgan fingerprint density at radius 1 is 1.18 bits per heavy atom. The van der Waals surface area contributed by atoms with E-state index in [0.29, 0.717) is 0 Å². The monoisotopic (exact) mass is 236 g/mol. The van der Waals surface area contributed by atoms with E-state index in [2.05, 4.69) is 5.10 Å². The van der Waals surface area contributed by atoms with Crippen LogP contribution in [0.1, 0.15) is 31.9 Å². The van der Waals surface area contributed by atoms with Crippen LogP contribution in [0.5, 0.6) is 0 Å². The number of nitrogens with zero attached hydrogens (tertiary/aromatic N) is 2. The average Bonchev–Trinajstić information content (AvgIpc) is 2.78. The molecule has 0 amide bonds. The minimum absolute atomic E-state index is 0.0293. The topological polar surface area (TPSA) is 17.8 Å². The Hall–Kier alpha value is -1.71. The predicted octanol–water partition coefficient (Wildman–Crippen LogP) is 4.07. The van der Waals surface area contributed by atoms with Crippen LogP contribution in [-0.2, 0) is 0 Å². The zero-order valence-corrected chi connectivity index (χ0v) is 9.77. The Bertz CT molecular complexity index is 504. The molecule has 0 aliphatic rings. The van der Waals surface area contributed by atoms with Gasteiger partial charge in [-0.2, -0.15) is 5.10 Å². The van der Waals surface area contributed by atoms with Gasteiger partial charge in [0.2, 0.25) is 0 Å². The molecule has 0 radical (unpaired) electrons. The highest BCUT2D eigenvalue weighted by Crippen LogP contribution is 2.24. The van der Waals surface area contributed by atoms with Gasteiger partial charge < -0.3 is 0 Å². The lowest BCUT2D eigenvalue weighted by Gasteiger charge is -2.04. The second-order valence-electron chi connectivity index (χ2n) is 4.20. The Kier molecular flexibility index (Phi) is 3.22. The van der Waals surface area contributed by atoms with Gasteiger partial charge in [-0.05, 0) is 26.0 Å². The van der Waals surface area contributed by atoms with Crippen molar-refractivity contribution in [1.82, 2.24) is 9.78 Å². The molecule has 1 heterocycles. The fraction of sp³-hybridized carbons (Fsp3) is 0.308. The fourth-order valence-corrected chi connectivity index (χ4v) is 1.61. The Morgan fingerprint density at radius 3 is 2.53 bits per heavy atom. The molecule has 2 nitrogen and oxygen atoms in total. The van der Waals surface area contributed by atoms with Crippen molar-refractivity contribution in [3.63, 3.8) is 0 Å². The zero-order chi connectivity index (χ0) is 12.4. The summed E-state index contributed by atoms with van der Waals surface area (Å²) in [7, 11) is 0. The molecule has 0 unspecified atom stereocenters. The van der Waals surface area contributed by atoms with Crippen molar-refractivity contribution in [1.29, 1.82) is 0 Å². The van der Waals surface area contributed by atoms with E-state index in [4.69, 9.17) is 0 Å². The number of alkyl halides is 2. The van der Waals surface area contributed by atoms with E-state index in [1.165, 1.54) is 12.1 Å². The van der Waals surface area contributed by atoms with Gasteiger partial charge in [0, 0.05) is 23.4 Å². The SMILES string of the molecule is CC(C)n1ccc(-c2cccc(C(F)F)c2)n1. The maximum Gasteiger partial charge on any atom is 0.263 e. The van der Waals surface area contributed by atoms with Crippen molar-refractivity contribution in [3.8, 4) is 11.3 Å². The van der Waals surface area contributed by atoms with Crippen LogP contribution < -0.4 is 0 Å². The van der Waals surface area contributed by atoms with Crippen molar-refractivity contribution in [3.05, 3.63) is 42.1 Å². The number of halogens is 2. The van der Waals surface area contributed by atoms with Crippen molar-refractivity contribution in [2.45, 2.75) is 26.3 Å². The minimum atomic E-state index is -2.44. The molecule has 0 saturated heterocycles. The molecule has 0 atom stereocenters. The Morgan fingerprint density at radius 2 is 1.94 bits per heavy atom. The van der Waals surface area contributed by atoms with E-state index < -0.39 is 6.43 Å². The van der Waals surface area contributed by atoms with Crippen LogP contribution in [0.2, 0.25) is 0 Å². The van der Waals surface area contributed by atoms with Crippen LogP contribution in [0.3, 0.4) is 0 Å². The summed E-state index contributed by atoms with van der Waals surface area (Å²) in [4.78, 5) is 0. The summed E-state index contributed by atoms with van der Waals surface area (Å²) in [5, 5.41) is 4.35. The van der Waals surface area contributed by atoms with Gasteiger partial charge in [0.25, 0.3) is 6.43 Å². The second kappa shape index (κ2) is 4.65. The van der Waals surface area contributed by atoms with Gasteiger partial charge in [0.1, 0.15) is 0 Å². The van der Waals surface area contributed by atoms with Crippen molar-refractivity contribution in [2.75, 3.05) is 0 Å². The van der Waals surface area contributed by atoms with E-state index in [0.717, 1.165) is 11.3 Å². The van der Waals surface area contributed by atoms with Crippen LogP contribution in [0.25, 0.3) is 11.3 Å². The molecule has 0 N–H and O–H groups in total. The highest BCUT2D eigenvalue weighted by atomic mass is 19.3. The summed E-state index contributed by atoms with van der Waals surface area (Å²) < 4.78 is 27.0. The highest BCUT2D eigenvalue weighted by molar-refractivity contribution is 5.59. The Labute approximate surface area is 98.9 Å². The lowest BCUT2D eigenvalue weighted by molar-refractivity contribution is 0.151. The van der Waals surface area contributed by atoms with Gasteiger partial charge in [-0.3, -0.25) is 4.68 Å². The van der Waals surface area contributed by atoms with Crippen LogP contribution in [0.4, 0.5) is 8.78 Å². The van der Waals surface area contributed by atoms with Gasteiger partial charge in [-0.25, -0.2) is 8.78 Å². The molecule has 0 saturated carbocycles. The molecular weight excluding hydrogens is 222 g/mol. The molecule has 0 spiro atoms. The van der Waals surface area contributed by atoms with Gasteiger partial charge in [-0.1, -0.05) is 18.2 Å².